The number of ether oxygens (including phenoxy) is 2. The maximum absolute atomic E-state index is 14.1. The molecule has 0 saturated carbocycles. The lowest BCUT2D eigenvalue weighted by atomic mass is 10.2. The van der Waals surface area contributed by atoms with Crippen molar-refractivity contribution in [2.45, 2.75) is 13.5 Å². The molecule has 8 heteroatoms. The van der Waals surface area contributed by atoms with Crippen molar-refractivity contribution in [1.29, 1.82) is 0 Å². The van der Waals surface area contributed by atoms with Crippen molar-refractivity contribution in [3.63, 3.8) is 0 Å². The Hall–Kier alpha value is -2.23. The molecule has 0 heterocycles. The predicted octanol–water partition coefficient (Wildman–Crippen LogP) is 4.10. The van der Waals surface area contributed by atoms with Gasteiger partial charge in [-0.25, -0.2) is 4.39 Å². The molecule has 0 aliphatic rings. The van der Waals surface area contributed by atoms with Crippen LogP contribution in [-0.4, -0.2) is 40.8 Å². The fraction of sp³-hybridized carbons (Fsp3) is 0.350. The predicted molar refractivity (Wildman–Crippen MR) is 124 cm³/mol. The first kappa shape index (κ1) is 23.8. The van der Waals surface area contributed by atoms with Crippen molar-refractivity contribution < 1.29 is 13.9 Å². The zero-order chi connectivity index (χ0) is 19.8. The number of nitrogens with zero attached hydrogens (tertiary/aromatic N) is 2. The van der Waals surface area contributed by atoms with Crippen molar-refractivity contribution in [3.8, 4) is 11.5 Å². The number of hydrogen-bond acceptors (Lipinski definition) is 4. The minimum absolute atomic E-state index is 0. The lowest BCUT2D eigenvalue weighted by Gasteiger charge is -2.16. The van der Waals surface area contributed by atoms with E-state index in [2.05, 4.69) is 15.6 Å². The van der Waals surface area contributed by atoms with E-state index >= 15 is 0 Å². The van der Waals surface area contributed by atoms with Gasteiger partial charge in [0.2, 0.25) is 0 Å². The monoisotopic (exact) mass is 502 g/mol. The van der Waals surface area contributed by atoms with Crippen LogP contribution in [0.1, 0.15) is 12.5 Å². The third kappa shape index (κ3) is 6.43. The number of nitrogens with one attached hydrogen (secondary N) is 2. The summed E-state index contributed by atoms with van der Waals surface area (Å²) in [5.41, 5.74) is 2.19. The van der Waals surface area contributed by atoms with Gasteiger partial charge in [0, 0.05) is 39.4 Å². The molecule has 0 saturated heterocycles. The summed E-state index contributed by atoms with van der Waals surface area (Å²) in [6.07, 6.45) is 0. The Balaban J connectivity index is 0.00000392. The van der Waals surface area contributed by atoms with Crippen LogP contribution in [-0.2, 0) is 6.54 Å². The molecule has 0 aliphatic heterocycles. The summed E-state index contributed by atoms with van der Waals surface area (Å²) in [5.74, 6) is 1.64. The van der Waals surface area contributed by atoms with Gasteiger partial charge in [0.05, 0.1) is 19.4 Å². The Morgan fingerprint density at radius 3 is 2.46 bits per heavy atom. The van der Waals surface area contributed by atoms with Crippen molar-refractivity contribution in [2.75, 3.05) is 45.1 Å². The molecular formula is C20H28FIN4O2. The van der Waals surface area contributed by atoms with Gasteiger partial charge in [-0.05, 0) is 36.8 Å². The molecule has 0 radical (unpaired) electrons. The number of guanidine groups is 1. The third-order valence-corrected chi connectivity index (χ3v) is 3.90. The number of rotatable bonds is 7. The first-order valence-electron chi connectivity index (χ1n) is 8.72. The van der Waals surface area contributed by atoms with E-state index in [9.17, 15) is 4.39 Å². The first-order valence-corrected chi connectivity index (χ1v) is 8.72. The second kappa shape index (κ2) is 11.6. The molecule has 0 atom stereocenters. The van der Waals surface area contributed by atoms with Gasteiger partial charge in [0.25, 0.3) is 0 Å². The first-order chi connectivity index (χ1) is 13.0. The molecule has 6 nitrogen and oxygen atoms in total. The third-order valence-electron chi connectivity index (χ3n) is 3.90. The highest BCUT2D eigenvalue weighted by Gasteiger charge is 2.08. The van der Waals surface area contributed by atoms with E-state index in [1.54, 1.807) is 25.1 Å². The van der Waals surface area contributed by atoms with Gasteiger partial charge in [0.15, 0.2) is 17.5 Å². The number of aliphatic imine (C=N–C) groups is 1. The number of benzene rings is 2. The maximum Gasteiger partial charge on any atom is 0.195 e. The normalized spacial score (nSPS) is 10.7. The molecule has 0 aromatic heterocycles. The maximum atomic E-state index is 14.1. The molecule has 154 valence electrons. The summed E-state index contributed by atoms with van der Waals surface area (Å²) in [4.78, 5) is 5.95. The zero-order valence-corrected chi connectivity index (χ0v) is 19.2. The summed E-state index contributed by atoms with van der Waals surface area (Å²) >= 11 is 0. The smallest absolute Gasteiger partial charge is 0.195 e. The molecule has 0 spiro atoms. The molecule has 2 aromatic rings. The lowest BCUT2D eigenvalue weighted by molar-refractivity contribution is 0.311. The van der Waals surface area contributed by atoms with Crippen LogP contribution in [0, 0.1) is 5.82 Å². The highest BCUT2D eigenvalue weighted by Crippen LogP contribution is 2.30. The van der Waals surface area contributed by atoms with Crippen LogP contribution >= 0.6 is 24.0 Å². The van der Waals surface area contributed by atoms with E-state index in [0.717, 1.165) is 11.3 Å². The average molecular weight is 502 g/mol. The Morgan fingerprint density at radius 2 is 1.89 bits per heavy atom. The van der Waals surface area contributed by atoms with Gasteiger partial charge in [-0.3, -0.25) is 4.99 Å². The number of methoxy groups -OCH3 is 1. The van der Waals surface area contributed by atoms with Gasteiger partial charge >= 0.3 is 0 Å². The van der Waals surface area contributed by atoms with E-state index in [0.29, 0.717) is 36.3 Å². The van der Waals surface area contributed by atoms with Crippen molar-refractivity contribution in [3.05, 3.63) is 47.8 Å². The Kier molecular flexibility index (Phi) is 9.84. The Labute approximate surface area is 183 Å². The highest BCUT2D eigenvalue weighted by molar-refractivity contribution is 14.0. The fourth-order valence-electron chi connectivity index (χ4n) is 2.55. The van der Waals surface area contributed by atoms with E-state index in [-0.39, 0.29) is 29.8 Å². The minimum atomic E-state index is -0.251. The summed E-state index contributed by atoms with van der Waals surface area (Å²) in [6.45, 7) is 2.90. The fourth-order valence-corrected chi connectivity index (χ4v) is 2.55. The largest absolute Gasteiger partial charge is 0.493 e. The minimum Gasteiger partial charge on any atom is -0.493 e. The van der Waals surface area contributed by atoms with Crippen LogP contribution in [0.5, 0.6) is 11.5 Å². The Morgan fingerprint density at radius 1 is 1.14 bits per heavy atom. The zero-order valence-electron chi connectivity index (χ0n) is 16.9. The molecule has 28 heavy (non-hydrogen) atoms. The Bertz CT molecular complexity index is 800. The molecule has 2 aromatic carbocycles. The average Bonchev–Trinajstić information content (AvgIpc) is 2.65. The van der Waals surface area contributed by atoms with E-state index in [1.807, 2.05) is 45.3 Å². The molecular weight excluding hydrogens is 474 g/mol. The van der Waals surface area contributed by atoms with Crippen LogP contribution in [0.25, 0.3) is 0 Å². The van der Waals surface area contributed by atoms with Crippen LogP contribution < -0.4 is 25.0 Å². The van der Waals surface area contributed by atoms with Gasteiger partial charge in [0.1, 0.15) is 5.82 Å². The van der Waals surface area contributed by atoms with Gasteiger partial charge in [-0.1, -0.05) is 6.07 Å². The lowest BCUT2D eigenvalue weighted by Crippen LogP contribution is -2.30. The number of anilines is 2. The topological polar surface area (TPSA) is 58.1 Å². The summed E-state index contributed by atoms with van der Waals surface area (Å²) < 4.78 is 25.0. The van der Waals surface area contributed by atoms with E-state index in [1.165, 1.54) is 6.07 Å². The quantitative estimate of drug-likeness (QED) is 0.339. The van der Waals surface area contributed by atoms with Crippen molar-refractivity contribution >= 4 is 41.3 Å². The van der Waals surface area contributed by atoms with Crippen LogP contribution in [0.3, 0.4) is 0 Å². The number of hydrogen-bond donors (Lipinski definition) is 2. The van der Waals surface area contributed by atoms with Crippen LogP contribution in [0.15, 0.2) is 41.4 Å². The molecule has 0 bridgehead atoms. The molecule has 2 rings (SSSR count). The summed E-state index contributed by atoms with van der Waals surface area (Å²) in [7, 11) is 6.91. The van der Waals surface area contributed by atoms with Gasteiger partial charge in [-0.15, -0.1) is 24.0 Å². The SMILES string of the molecule is CCOc1cc(NC(=NC)NCc2ccc(N(C)C)c(F)c2)ccc1OC.I. The second-order valence-electron chi connectivity index (χ2n) is 6.03. The molecule has 0 unspecified atom stereocenters. The van der Waals surface area contributed by atoms with Crippen LogP contribution in [0.4, 0.5) is 15.8 Å². The van der Waals surface area contributed by atoms with Gasteiger partial charge in [-0.2, -0.15) is 0 Å². The summed E-state index contributed by atoms with van der Waals surface area (Å²) in [6, 6.07) is 10.7. The number of halogens is 2. The molecule has 2 N–H and O–H groups in total. The van der Waals surface area contributed by atoms with Gasteiger partial charge < -0.3 is 25.0 Å². The molecule has 0 fully saturated rings. The van der Waals surface area contributed by atoms with E-state index in [4.69, 9.17) is 9.47 Å². The summed E-state index contributed by atoms with van der Waals surface area (Å²) in [5, 5.41) is 6.37. The highest BCUT2D eigenvalue weighted by atomic mass is 127. The van der Waals surface area contributed by atoms with E-state index < -0.39 is 0 Å². The second-order valence-corrected chi connectivity index (χ2v) is 6.03. The van der Waals surface area contributed by atoms with Crippen molar-refractivity contribution in [2.24, 2.45) is 4.99 Å². The van der Waals surface area contributed by atoms with Crippen LogP contribution in [0.2, 0.25) is 0 Å². The van der Waals surface area contributed by atoms with Crippen molar-refractivity contribution in [1.82, 2.24) is 5.32 Å². The molecule has 0 amide bonds. The standard InChI is InChI=1S/C20H27FN4O2.HI/c1-6-27-19-12-15(8-10-18(19)26-5)24-20(22-2)23-13-14-7-9-17(25(3)4)16(21)11-14;/h7-12H,6,13H2,1-5H3,(H2,22,23,24);1H. The molecule has 0 aliphatic carbocycles.